The maximum Gasteiger partial charge on any atom is 0.341 e. The average molecular weight is 592 g/mol. The molecule has 11 nitrogen and oxygen atoms in total. The number of piperazine rings is 1. The van der Waals surface area contributed by atoms with Crippen LogP contribution in [0.4, 0.5) is 15.8 Å². The number of carboxylic acid groups (broad SMARTS) is 1. The van der Waals surface area contributed by atoms with Gasteiger partial charge in [-0.15, -0.1) is 10.2 Å². The summed E-state index contributed by atoms with van der Waals surface area (Å²) in [5.74, 6) is -1.83. The van der Waals surface area contributed by atoms with Crippen LogP contribution < -0.4 is 16.1 Å². The first-order valence-corrected chi connectivity index (χ1v) is 14.2. The number of halogens is 1. The standard InChI is InChI=1S/C29H30FN7O4S/c30-21-14-19-23(37(17-6-7-17)16-20(26(19)38)28(40)41)15-24(21)35-12-10-34(11-13-35)8-3-9-36-22-5-2-1-4-18(22)25(27(36)39)32-33-29(31)42/h1-2,4-5,14-17,39H,3,6-13H2,(H2,31,42)(H,40,41). The minimum Gasteiger partial charge on any atom is -0.493 e. The van der Waals surface area contributed by atoms with Gasteiger partial charge in [0.15, 0.2) is 5.69 Å². The number of hydrogen-bond acceptors (Lipinski definition) is 7. The van der Waals surface area contributed by atoms with E-state index in [-0.39, 0.29) is 28.0 Å². The highest BCUT2D eigenvalue weighted by Gasteiger charge is 2.28. The van der Waals surface area contributed by atoms with E-state index in [0.29, 0.717) is 36.5 Å². The Morgan fingerprint density at radius 2 is 1.81 bits per heavy atom. The predicted octanol–water partition coefficient (Wildman–Crippen LogP) is 4.37. The number of fused-ring (bicyclic) bond motifs is 2. The van der Waals surface area contributed by atoms with Crippen molar-refractivity contribution in [3.05, 3.63) is 64.2 Å². The number of rotatable bonds is 8. The van der Waals surface area contributed by atoms with Crippen LogP contribution in [0.3, 0.4) is 0 Å². The number of azo groups is 1. The predicted molar refractivity (Wildman–Crippen MR) is 162 cm³/mol. The van der Waals surface area contributed by atoms with E-state index < -0.39 is 17.2 Å². The topological polar surface area (TPSA) is 142 Å². The number of benzene rings is 2. The number of aromatic nitrogens is 2. The van der Waals surface area contributed by atoms with Crippen molar-refractivity contribution in [2.24, 2.45) is 16.0 Å². The Kier molecular flexibility index (Phi) is 7.37. The third-order valence-corrected chi connectivity index (χ3v) is 8.09. The summed E-state index contributed by atoms with van der Waals surface area (Å²) in [6, 6.07) is 10.5. The van der Waals surface area contributed by atoms with E-state index in [1.165, 1.54) is 12.3 Å². The van der Waals surface area contributed by atoms with E-state index in [2.05, 4.69) is 15.1 Å². The second-order valence-corrected chi connectivity index (χ2v) is 11.1. The molecule has 1 saturated carbocycles. The number of carboxylic acids is 1. The van der Waals surface area contributed by atoms with Crippen molar-refractivity contribution in [3.8, 4) is 5.88 Å². The smallest absolute Gasteiger partial charge is 0.341 e. The lowest BCUT2D eigenvalue weighted by molar-refractivity contribution is 0.0695. The minimum atomic E-state index is -1.31. The van der Waals surface area contributed by atoms with Gasteiger partial charge in [0.05, 0.1) is 16.7 Å². The van der Waals surface area contributed by atoms with Gasteiger partial charge in [-0.3, -0.25) is 9.69 Å². The molecule has 2 aliphatic rings. The van der Waals surface area contributed by atoms with Crippen molar-refractivity contribution in [3.63, 3.8) is 0 Å². The molecule has 0 amide bonds. The first-order chi connectivity index (χ1) is 20.2. The zero-order valence-electron chi connectivity index (χ0n) is 22.7. The Labute approximate surface area is 245 Å². The molecule has 0 unspecified atom stereocenters. The van der Waals surface area contributed by atoms with Gasteiger partial charge in [0.1, 0.15) is 11.4 Å². The third kappa shape index (κ3) is 5.21. The molecule has 0 bridgehead atoms. The van der Waals surface area contributed by atoms with E-state index in [1.807, 2.05) is 33.7 Å². The lowest BCUT2D eigenvalue weighted by Crippen LogP contribution is -2.47. The van der Waals surface area contributed by atoms with Crippen molar-refractivity contribution in [2.45, 2.75) is 31.8 Å². The number of anilines is 1. The number of pyridine rings is 1. The molecule has 3 heterocycles. The monoisotopic (exact) mass is 591 g/mol. The van der Waals surface area contributed by atoms with Gasteiger partial charge in [0.25, 0.3) is 0 Å². The number of aromatic hydroxyl groups is 1. The first kappa shape index (κ1) is 27.8. The van der Waals surface area contributed by atoms with Crippen LogP contribution in [0.1, 0.15) is 35.7 Å². The minimum absolute atomic E-state index is 0.00736. The third-order valence-electron chi connectivity index (χ3n) is 8.01. The second-order valence-electron chi connectivity index (χ2n) is 10.7. The van der Waals surface area contributed by atoms with E-state index in [4.69, 9.17) is 18.0 Å². The van der Waals surface area contributed by atoms with Crippen molar-refractivity contribution in [2.75, 3.05) is 37.6 Å². The number of nitrogens with two attached hydrogens (primary N) is 1. The molecule has 2 aromatic heterocycles. The molecule has 42 heavy (non-hydrogen) atoms. The molecule has 1 aliphatic carbocycles. The Morgan fingerprint density at radius 1 is 1.07 bits per heavy atom. The van der Waals surface area contributed by atoms with E-state index in [1.54, 1.807) is 10.6 Å². The summed E-state index contributed by atoms with van der Waals surface area (Å²) in [7, 11) is 0. The molecule has 0 radical (unpaired) electrons. The Balaban J connectivity index is 1.14. The van der Waals surface area contributed by atoms with Crippen LogP contribution >= 0.6 is 12.2 Å². The van der Waals surface area contributed by atoms with Gasteiger partial charge in [-0.2, -0.15) is 0 Å². The number of aromatic carboxylic acids is 1. The summed E-state index contributed by atoms with van der Waals surface area (Å²) >= 11 is 4.78. The summed E-state index contributed by atoms with van der Waals surface area (Å²) in [6.45, 7) is 3.98. The van der Waals surface area contributed by atoms with Gasteiger partial charge in [-0.25, -0.2) is 9.18 Å². The lowest BCUT2D eigenvalue weighted by Gasteiger charge is -2.36. The summed E-state index contributed by atoms with van der Waals surface area (Å²) in [5, 5.41) is 28.9. The Morgan fingerprint density at radius 3 is 2.50 bits per heavy atom. The molecule has 4 aromatic rings. The van der Waals surface area contributed by atoms with Gasteiger partial charge in [0, 0.05) is 55.7 Å². The molecule has 13 heteroatoms. The van der Waals surface area contributed by atoms with Gasteiger partial charge in [-0.1, -0.05) is 18.2 Å². The van der Waals surface area contributed by atoms with Gasteiger partial charge in [-0.05, 0) is 56.2 Å². The number of para-hydroxylation sites is 1. The van der Waals surface area contributed by atoms with Gasteiger partial charge < -0.3 is 30.0 Å². The van der Waals surface area contributed by atoms with Crippen LogP contribution in [0.25, 0.3) is 21.8 Å². The highest BCUT2D eigenvalue weighted by Crippen LogP contribution is 2.40. The molecular formula is C29H30FN7O4S. The molecule has 6 rings (SSSR count). The molecule has 1 saturated heterocycles. The number of nitrogens with zero attached hydrogens (tertiary/aromatic N) is 6. The van der Waals surface area contributed by atoms with Crippen LogP contribution in [0.2, 0.25) is 0 Å². The maximum atomic E-state index is 15.3. The van der Waals surface area contributed by atoms with Crippen molar-refractivity contribution < 1.29 is 19.4 Å². The van der Waals surface area contributed by atoms with Crippen LogP contribution in [-0.4, -0.2) is 68.1 Å². The van der Waals surface area contributed by atoms with Crippen molar-refractivity contribution in [1.29, 1.82) is 0 Å². The summed E-state index contributed by atoms with van der Waals surface area (Å²) < 4.78 is 18.9. The van der Waals surface area contributed by atoms with Crippen LogP contribution in [0.15, 0.2) is 57.6 Å². The summed E-state index contributed by atoms with van der Waals surface area (Å²) in [5.41, 5.74) is 6.60. The Hall–Kier alpha value is -4.36. The SMILES string of the molecule is NC(=S)N=Nc1c(O)n(CCCN2CCN(c3cc4c(cc3F)c(=O)c(C(=O)O)cn4C3CC3)CC2)c2ccccc12. The van der Waals surface area contributed by atoms with Gasteiger partial charge in [0.2, 0.25) is 16.4 Å². The normalized spacial score (nSPS) is 16.2. The zero-order chi connectivity index (χ0) is 29.5. The molecule has 1 aliphatic heterocycles. The number of aryl methyl sites for hydroxylation is 1. The van der Waals surface area contributed by atoms with Crippen LogP contribution in [0.5, 0.6) is 5.88 Å². The zero-order valence-corrected chi connectivity index (χ0v) is 23.6. The first-order valence-electron chi connectivity index (χ1n) is 13.8. The van der Waals surface area contributed by atoms with E-state index in [0.717, 1.165) is 49.8 Å². The quantitative estimate of drug-likeness (QED) is 0.203. The van der Waals surface area contributed by atoms with Crippen molar-refractivity contribution in [1.82, 2.24) is 14.0 Å². The molecular weight excluding hydrogens is 561 g/mol. The fraction of sp³-hybridized carbons (Fsp3) is 0.345. The maximum absolute atomic E-state index is 15.3. The largest absolute Gasteiger partial charge is 0.493 e. The molecule has 0 atom stereocenters. The summed E-state index contributed by atoms with van der Waals surface area (Å²) in [6.07, 6.45) is 3.95. The molecule has 2 aromatic carbocycles. The molecule has 0 spiro atoms. The fourth-order valence-electron chi connectivity index (χ4n) is 5.77. The Bertz CT molecular complexity index is 1810. The van der Waals surface area contributed by atoms with E-state index in [9.17, 15) is 19.8 Å². The van der Waals surface area contributed by atoms with Crippen LogP contribution in [0, 0.1) is 5.82 Å². The average Bonchev–Trinajstić information content (AvgIpc) is 3.78. The highest BCUT2D eigenvalue weighted by atomic mass is 32.1. The number of carbonyl (C=O) groups is 1. The fourth-order valence-corrected chi connectivity index (χ4v) is 5.81. The number of hydrogen-bond donors (Lipinski definition) is 3. The second kappa shape index (κ2) is 11.1. The van der Waals surface area contributed by atoms with Crippen LogP contribution in [-0.2, 0) is 6.54 Å². The molecule has 4 N–H and O–H groups in total. The lowest BCUT2D eigenvalue weighted by atomic mass is 10.1. The molecule has 218 valence electrons. The van der Waals surface area contributed by atoms with Gasteiger partial charge >= 0.3 is 5.97 Å². The number of thiocarbonyl (C=S) groups is 1. The molecule has 2 fully saturated rings. The van der Waals surface area contributed by atoms with E-state index >= 15 is 4.39 Å². The highest BCUT2D eigenvalue weighted by molar-refractivity contribution is 7.80. The van der Waals surface area contributed by atoms with Crippen molar-refractivity contribution >= 4 is 56.5 Å². The summed E-state index contributed by atoms with van der Waals surface area (Å²) in [4.78, 5) is 28.7.